The van der Waals surface area contributed by atoms with Gasteiger partial charge in [-0.05, 0) is 55.8 Å². The van der Waals surface area contributed by atoms with Crippen LogP contribution in [0.15, 0.2) is 57.8 Å². The quantitative estimate of drug-likeness (QED) is 0.652. The van der Waals surface area contributed by atoms with Gasteiger partial charge in [0.15, 0.2) is 9.84 Å². The van der Waals surface area contributed by atoms with Gasteiger partial charge in [-0.1, -0.05) is 28.8 Å². The van der Waals surface area contributed by atoms with Gasteiger partial charge in [-0.25, -0.2) is 8.42 Å². The van der Waals surface area contributed by atoms with E-state index in [2.05, 4.69) is 15.5 Å². The molecule has 0 spiro atoms. The molecular formula is C19H18ClN3O4S. The summed E-state index contributed by atoms with van der Waals surface area (Å²) in [6, 6.07) is 12.9. The number of amides is 1. The van der Waals surface area contributed by atoms with E-state index in [1.165, 1.54) is 0 Å². The summed E-state index contributed by atoms with van der Waals surface area (Å²) < 4.78 is 29.8. The largest absolute Gasteiger partial charge is 0.407 e. The lowest BCUT2D eigenvalue weighted by Gasteiger charge is -2.08. The summed E-state index contributed by atoms with van der Waals surface area (Å²) in [5.41, 5.74) is 1.22. The number of nitrogens with one attached hydrogen (secondary N) is 1. The van der Waals surface area contributed by atoms with Crippen molar-refractivity contribution in [3.8, 4) is 0 Å². The molecule has 3 aromatic rings. The second kappa shape index (κ2) is 8.12. The molecule has 0 radical (unpaired) electrons. The van der Waals surface area contributed by atoms with Crippen LogP contribution in [0.2, 0.25) is 5.02 Å². The van der Waals surface area contributed by atoms with Crippen molar-refractivity contribution in [2.45, 2.75) is 30.4 Å². The van der Waals surface area contributed by atoms with E-state index in [1.807, 2.05) is 0 Å². The third-order valence-electron chi connectivity index (χ3n) is 4.02. The zero-order valence-electron chi connectivity index (χ0n) is 15.2. The average Bonchev–Trinajstić information content (AvgIpc) is 3.09. The Bertz CT molecular complexity index is 1080. The monoisotopic (exact) mass is 419 g/mol. The number of halogens is 1. The van der Waals surface area contributed by atoms with Crippen molar-refractivity contribution in [1.82, 2.24) is 10.2 Å². The van der Waals surface area contributed by atoms with Gasteiger partial charge >= 0.3 is 6.01 Å². The summed E-state index contributed by atoms with van der Waals surface area (Å²) in [5.74, 6) is -0.0963. The third kappa shape index (κ3) is 4.58. The lowest BCUT2D eigenvalue weighted by Crippen LogP contribution is -2.13. The second-order valence-electron chi connectivity index (χ2n) is 6.38. The summed E-state index contributed by atoms with van der Waals surface area (Å²) in [5, 5.41) is 10.3. The van der Waals surface area contributed by atoms with Crippen molar-refractivity contribution < 1.29 is 17.6 Å². The van der Waals surface area contributed by atoms with Gasteiger partial charge < -0.3 is 4.42 Å². The topological polar surface area (TPSA) is 102 Å². The number of anilines is 1. The summed E-state index contributed by atoms with van der Waals surface area (Å²) in [6.45, 7) is 3.28. The molecular weight excluding hydrogens is 402 g/mol. The van der Waals surface area contributed by atoms with E-state index in [9.17, 15) is 13.2 Å². The Morgan fingerprint density at radius 1 is 1.07 bits per heavy atom. The average molecular weight is 420 g/mol. The van der Waals surface area contributed by atoms with Crippen molar-refractivity contribution in [3.05, 3.63) is 70.6 Å². The van der Waals surface area contributed by atoms with E-state index in [1.54, 1.807) is 62.4 Å². The van der Waals surface area contributed by atoms with E-state index in [0.29, 0.717) is 22.9 Å². The van der Waals surface area contributed by atoms with Gasteiger partial charge in [-0.2, -0.15) is 0 Å². The molecule has 1 heterocycles. The minimum atomic E-state index is -3.31. The van der Waals surface area contributed by atoms with E-state index < -0.39 is 21.0 Å². The number of rotatable bonds is 6. The van der Waals surface area contributed by atoms with Crippen molar-refractivity contribution >= 4 is 33.4 Å². The van der Waals surface area contributed by atoms with Crippen LogP contribution in [0.5, 0.6) is 0 Å². The molecule has 1 amide bonds. The van der Waals surface area contributed by atoms with Crippen molar-refractivity contribution in [3.63, 3.8) is 0 Å². The molecule has 28 heavy (non-hydrogen) atoms. The zero-order valence-corrected chi connectivity index (χ0v) is 16.8. The molecule has 0 aliphatic carbocycles. The molecule has 3 rings (SSSR count). The molecule has 0 saturated heterocycles. The first kappa shape index (κ1) is 20.0. The number of carbonyl (C=O) groups is 1. The van der Waals surface area contributed by atoms with E-state index >= 15 is 0 Å². The summed E-state index contributed by atoms with van der Waals surface area (Å²) in [7, 11) is -3.31. The highest BCUT2D eigenvalue weighted by Gasteiger charge is 2.19. The zero-order chi connectivity index (χ0) is 20.3. The fourth-order valence-corrected chi connectivity index (χ4v) is 3.58. The minimum Gasteiger partial charge on any atom is -0.407 e. The summed E-state index contributed by atoms with van der Waals surface area (Å²) in [4.78, 5) is 12.4. The fraction of sp³-hybridized carbons (Fsp3) is 0.211. The molecule has 2 aromatic carbocycles. The SMILES string of the molecule is CC(C)S(=O)(=O)c1ccc(Cc2nnc(NC(=O)c3ccc(Cl)cc3)o2)cc1. The van der Waals surface area contributed by atoms with Crippen LogP contribution < -0.4 is 5.32 Å². The number of hydrogen-bond donors (Lipinski definition) is 1. The smallest absolute Gasteiger partial charge is 0.322 e. The molecule has 0 saturated carbocycles. The standard InChI is InChI=1S/C19H18ClN3O4S/c1-12(2)28(25,26)16-9-3-13(4-10-16)11-17-22-23-19(27-17)21-18(24)14-5-7-15(20)8-6-14/h3-10,12H,11H2,1-2H3,(H,21,23,24). The molecule has 146 valence electrons. The number of hydrogen-bond acceptors (Lipinski definition) is 6. The van der Waals surface area contributed by atoms with Crippen LogP contribution in [0.4, 0.5) is 6.01 Å². The van der Waals surface area contributed by atoms with Crippen molar-refractivity contribution in [2.75, 3.05) is 5.32 Å². The van der Waals surface area contributed by atoms with E-state index in [4.69, 9.17) is 16.0 Å². The van der Waals surface area contributed by atoms with Gasteiger partial charge in [-0.3, -0.25) is 10.1 Å². The van der Waals surface area contributed by atoms with Gasteiger partial charge in [0.1, 0.15) is 0 Å². The summed E-state index contributed by atoms with van der Waals surface area (Å²) in [6.07, 6.45) is 0.311. The normalized spacial score (nSPS) is 11.6. The first-order chi connectivity index (χ1) is 13.3. The molecule has 7 nitrogen and oxygen atoms in total. The van der Waals surface area contributed by atoms with Crippen LogP contribution in [0.25, 0.3) is 0 Å². The Morgan fingerprint density at radius 3 is 2.32 bits per heavy atom. The van der Waals surface area contributed by atoms with Crippen LogP contribution in [0, 0.1) is 0 Å². The Morgan fingerprint density at radius 2 is 1.71 bits per heavy atom. The first-order valence-corrected chi connectivity index (χ1v) is 10.4. The number of carbonyl (C=O) groups excluding carboxylic acids is 1. The lowest BCUT2D eigenvalue weighted by atomic mass is 10.1. The van der Waals surface area contributed by atoms with Crippen LogP contribution in [-0.4, -0.2) is 29.8 Å². The molecule has 0 atom stereocenters. The van der Waals surface area contributed by atoms with Crippen molar-refractivity contribution in [1.29, 1.82) is 0 Å². The second-order valence-corrected chi connectivity index (χ2v) is 9.32. The molecule has 0 bridgehead atoms. The van der Waals surface area contributed by atoms with Crippen molar-refractivity contribution in [2.24, 2.45) is 0 Å². The fourth-order valence-electron chi connectivity index (χ4n) is 2.39. The minimum absolute atomic E-state index is 0.0195. The highest BCUT2D eigenvalue weighted by atomic mass is 35.5. The Kier molecular flexibility index (Phi) is 5.81. The lowest BCUT2D eigenvalue weighted by molar-refractivity contribution is 0.102. The Balaban J connectivity index is 1.66. The van der Waals surface area contributed by atoms with Gasteiger partial charge in [-0.15, -0.1) is 5.10 Å². The van der Waals surface area contributed by atoms with Gasteiger partial charge in [0.2, 0.25) is 5.89 Å². The predicted molar refractivity (Wildman–Crippen MR) is 105 cm³/mol. The Labute approximate surface area is 167 Å². The Hall–Kier alpha value is -2.71. The highest BCUT2D eigenvalue weighted by Crippen LogP contribution is 2.19. The molecule has 0 unspecified atom stereocenters. The first-order valence-electron chi connectivity index (χ1n) is 8.48. The predicted octanol–water partition coefficient (Wildman–Crippen LogP) is 3.75. The van der Waals surface area contributed by atoms with Gasteiger partial charge in [0.05, 0.1) is 16.6 Å². The van der Waals surface area contributed by atoms with Gasteiger partial charge in [0.25, 0.3) is 5.91 Å². The van der Waals surface area contributed by atoms with Crippen LogP contribution in [0.3, 0.4) is 0 Å². The van der Waals surface area contributed by atoms with Crippen LogP contribution in [0.1, 0.15) is 35.7 Å². The molecule has 0 aliphatic heterocycles. The number of sulfone groups is 1. The number of aromatic nitrogens is 2. The van der Waals surface area contributed by atoms with Crippen LogP contribution in [-0.2, 0) is 16.3 Å². The van der Waals surface area contributed by atoms with E-state index in [-0.39, 0.29) is 10.9 Å². The third-order valence-corrected chi connectivity index (χ3v) is 6.44. The van der Waals surface area contributed by atoms with Crippen LogP contribution >= 0.6 is 11.6 Å². The maximum Gasteiger partial charge on any atom is 0.322 e. The molecule has 1 N–H and O–H groups in total. The molecule has 0 aliphatic rings. The highest BCUT2D eigenvalue weighted by molar-refractivity contribution is 7.92. The maximum atomic E-state index is 12.2. The van der Waals surface area contributed by atoms with Gasteiger partial charge in [0, 0.05) is 10.6 Å². The van der Waals surface area contributed by atoms with E-state index in [0.717, 1.165) is 5.56 Å². The maximum absolute atomic E-state index is 12.2. The molecule has 9 heteroatoms. The summed E-state index contributed by atoms with van der Waals surface area (Å²) >= 11 is 5.80. The number of nitrogens with zero attached hydrogens (tertiary/aromatic N) is 2. The molecule has 0 fully saturated rings. The molecule has 1 aromatic heterocycles. The number of benzene rings is 2.